The highest BCUT2D eigenvalue weighted by Crippen LogP contribution is 2.18. The van der Waals surface area contributed by atoms with Gasteiger partial charge in [-0.3, -0.25) is 0 Å². The van der Waals surface area contributed by atoms with Gasteiger partial charge in [0, 0.05) is 20.1 Å². The fourth-order valence-corrected chi connectivity index (χ4v) is 2.43. The third kappa shape index (κ3) is 7.27. The van der Waals surface area contributed by atoms with E-state index in [1.165, 1.54) is 0 Å². The second kappa shape index (κ2) is 11.8. The molecule has 0 aliphatic heterocycles. The molecule has 0 aliphatic carbocycles. The fourth-order valence-electron chi connectivity index (χ4n) is 2.43. The van der Waals surface area contributed by atoms with E-state index in [4.69, 9.17) is 4.74 Å². The van der Waals surface area contributed by atoms with Gasteiger partial charge in [-0.25, -0.2) is 4.99 Å². The number of hydrogen-bond acceptors (Lipinski definition) is 5. The summed E-state index contributed by atoms with van der Waals surface area (Å²) < 4.78 is 7.53. The predicted octanol–water partition coefficient (Wildman–Crippen LogP) is 2.32. The maximum atomic E-state index is 10.4. The summed E-state index contributed by atoms with van der Waals surface area (Å²) in [4.78, 5) is 4.51. The van der Waals surface area contributed by atoms with Gasteiger partial charge in [-0.2, -0.15) is 0 Å². The SMILES string of the molecule is CCNC(=NCc1nnc(C)n1C)NCC(O)c1ccc(OC(C)C)cc1.I. The standard InChI is InChI=1S/C19H30N6O2.HI/c1-6-20-19(22-12-18-24-23-14(4)25(18)5)21-11-17(26)15-7-9-16(10-8-15)27-13(2)3;/h7-10,13,17,26H,6,11-12H2,1-5H3,(H2,20,21,22);1H. The third-order valence-corrected chi connectivity index (χ3v) is 4.01. The van der Waals surface area contributed by atoms with Crippen LogP contribution >= 0.6 is 24.0 Å². The summed E-state index contributed by atoms with van der Waals surface area (Å²) in [5.74, 6) is 3.05. The quantitative estimate of drug-likeness (QED) is 0.291. The number of guanidine groups is 1. The van der Waals surface area contributed by atoms with E-state index in [-0.39, 0.29) is 30.1 Å². The van der Waals surface area contributed by atoms with Crippen molar-refractivity contribution in [3.05, 3.63) is 41.5 Å². The Hall–Kier alpha value is -1.88. The number of benzene rings is 1. The van der Waals surface area contributed by atoms with Gasteiger partial charge >= 0.3 is 0 Å². The van der Waals surface area contributed by atoms with Crippen LogP contribution in [-0.4, -0.2) is 45.0 Å². The maximum Gasteiger partial charge on any atom is 0.191 e. The number of aliphatic imine (C=N–C) groups is 1. The highest BCUT2D eigenvalue weighted by molar-refractivity contribution is 14.0. The number of aliphatic hydroxyl groups is 1. The van der Waals surface area contributed by atoms with Crippen molar-refractivity contribution in [2.45, 2.75) is 46.4 Å². The van der Waals surface area contributed by atoms with E-state index in [9.17, 15) is 5.11 Å². The van der Waals surface area contributed by atoms with Crippen molar-refractivity contribution in [2.24, 2.45) is 12.0 Å². The lowest BCUT2D eigenvalue weighted by atomic mass is 10.1. The van der Waals surface area contributed by atoms with Crippen molar-refractivity contribution in [1.82, 2.24) is 25.4 Å². The molecule has 1 unspecified atom stereocenters. The first-order valence-corrected chi connectivity index (χ1v) is 9.22. The van der Waals surface area contributed by atoms with Crippen LogP contribution in [0.2, 0.25) is 0 Å². The molecule has 1 heterocycles. The second-order valence-electron chi connectivity index (χ2n) is 6.55. The molecule has 8 nitrogen and oxygen atoms in total. The summed E-state index contributed by atoms with van der Waals surface area (Å²) in [6.07, 6.45) is -0.530. The molecule has 0 spiro atoms. The van der Waals surface area contributed by atoms with Crippen LogP contribution in [0.25, 0.3) is 0 Å². The van der Waals surface area contributed by atoms with Gasteiger partial charge in [0.2, 0.25) is 0 Å². The van der Waals surface area contributed by atoms with Gasteiger partial charge in [0.05, 0.1) is 12.2 Å². The van der Waals surface area contributed by atoms with Crippen molar-refractivity contribution < 1.29 is 9.84 Å². The Kier molecular flexibility index (Phi) is 10.2. The average molecular weight is 502 g/mol. The van der Waals surface area contributed by atoms with E-state index in [1.54, 1.807) is 0 Å². The predicted molar refractivity (Wildman–Crippen MR) is 121 cm³/mol. The Bertz CT molecular complexity index is 745. The summed E-state index contributed by atoms with van der Waals surface area (Å²) >= 11 is 0. The lowest BCUT2D eigenvalue weighted by Gasteiger charge is -2.16. The zero-order valence-corrected chi connectivity index (χ0v) is 19.5. The lowest BCUT2D eigenvalue weighted by Crippen LogP contribution is -2.39. The molecule has 0 amide bonds. The Labute approximate surface area is 183 Å². The summed E-state index contributed by atoms with van der Waals surface area (Å²) in [5.41, 5.74) is 0.818. The van der Waals surface area contributed by atoms with Gasteiger partial charge in [-0.05, 0) is 45.4 Å². The van der Waals surface area contributed by atoms with Crippen molar-refractivity contribution in [2.75, 3.05) is 13.1 Å². The monoisotopic (exact) mass is 502 g/mol. The van der Waals surface area contributed by atoms with Gasteiger partial charge in [0.1, 0.15) is 18.1 Å². The Morgan fingerprint density at radius 1 is 1.21 bits per heavy atom. The minimum Gasteiger partial charge on any atom is -0.491 e. The number of nitrogens with one attached hydrogen (secondary N) is 2. The van der Waals surface area contributed by atoms with Crippen LogP contribution in [0.3, 0.4) is 0 Å². The number of aliphatic hydroxyl groups excluding tert-OH is 1. The number of halogens is 1. The van der Waals surface area contributed by atoms with Crippen LogP contribution in [-0.2, 0) is 13.6 Å². The van der Waals surface area contributed by atoms with Crippen LogP contribution in [0.15, 0.2) is 29.3 Å². The maximum absolute atomic E-state index is 10.4. The van der Waals surface area contributed by atoms with E-state index in [0.717, 1.165) is 29.5 Å². The third-order valence-electron chi connectivity index (χ3n) is 4.01. The Morgan fingerprint density at radius 3 is 2.43 bits per heavy atom. The van der Waals surface area contributed by atoms with E-state index < -0.39 is 6.10 Å². The molecule has 1 aromatic carbocycles. The Balaban J connectivity index is 0.00000392. The van der Waals surface area contributed by atoms with Crippen LogP contribution in [0.1, 0.15) is 44.1 Å². The van der Waals surface area contributed by atoms with Gasteiger partial charge in [-0.1, -0.05) is 12.1 Å². The second-order valence-corrected chi connectivity index (χ2v) is 6.55. The van der Waals surface area contributed by atoms with Gasteiger partial charge in [0.15, 0.2) is 11.8 Å². The number of aromatic nitrogens is 3. The molecule has 2 aromatic rings. The van der Waals surface area contributed by atoms with E-state index >= 15 is 0 Å². The lowest BCUT2D eigenvalue weighted by molar-refractivity contribution is 0.180. The first kappa shape index (κ1) is 24.2. The zero-order valence-electron chi connectivity index (χ0n) is 17.1. The summed E-state index contributed by atoms with van der Waals surface area (Å²) in [6, 6.07) is 7.48. The van der Waals surface area contributed by atoms with E-state index in [2.05, 4.69) is 25.8 Å². The molecule has 28 heavy (non-hydrogen) atoms. The molecule has 0 saturated heterocycles. The zero-order chi connectivity index (χ0) is 19.8. The number of rotatable bonds is 8. The minimum absolute atomic E-state index is 0. The molecule has 2 rings (SSSR count). The van der Waals surface area contributed by atoms with Crippen LogP contribution in [0.5, 0.6) is 5.75 Å². The molecule has 1 atom stereocenters. The highest BCUT2D eigenvalue weighted by atomic mass is 127. The smallest absolute Gasteiger partial charge is 0.191 e. The molecular formula is C19H31IN6O2. The molecule has 0 radical (unpaired) electrons. The molecule has 1 aromatic heterocycles. The number of nitrogens with zero attached hydrogens (tertiary/aromatic N) is 4. The Morgan fingerprint density at radius 2 is 1.89 bits per heavy atom. The first-order valence-electron chi connectivity index (χ1n) is 9.22. The summed E-state index contributed by atoms with van der Waals surface area (Å²) in [7, 11) is 1.91. The number of aryl methyl sites for hydroxylation is 1. The molecule has 0 aliphatic rings. The molecule has 156 valence electrons. The summed E-state index contributed by atoms with van der Waals surface area (Å²) in [6.45, 7) is 9.33. The summed E-state index contributed by atoms with van der Waals surface area (Å²) in [5, 5.41) is 24.9. The van der Waals surface area contributed by atoms with Crippen LogP contribution < -0.4 is 15.4 Å². The first-order chi connectivity index (χ1) is 12.9. The molecular weight excluding hydrogens is 471 g/mol. The van der Waals surface area contributed by atoms with Crippen LogP contribution in [0, 0.1) is 6.92 Å². The number of ether oxygens (including phenoxy) is 1. The molecule has 0 saturated carbocycles. The topological polar surface area (TPSA) is 96.6 Å². The van der Waals surface area contributed by atoms with Crippen molar-refractivity contribution in [3.63, 3.8) is 0 Å². The van der Waals surface area contributed by atoms with Gasteiger partial charge in [0.25, 0.3) is 0 Å². The normalized spacial score (nSPS) is 12.5. The van der Waals surface area contributed by atoms with Crippen molar-refractivity contribution in [1.29, 1.82) is 0 Å². The molecule has 3 N–H and O–H groups in total. The fraction of sp³-hybridized carbons (Fsp3) is 0.526. The minimum atomic E-state index is -0.654. The largest absolute Gasteiger partial charge is 0.491 e. The van der Waals surface area contributed by atoms with E-state index in [0.29, 0.717) is 19.0 Å². The molecule has 9 heteroatoms. The van der Waals surface area contributed by atoms with Crippen LogP contribution in [0.4, 0.5) is 0 Å². The average Bonchev–Trinajstić information content (AvgIpc) is 2.96. The van der Waals surface area contributed by atoms with E-state index in [1.807, 2.05) is 63.6 Å². The van der Waals surface area contributed by atoms with Crippen molar-refractivity contribution >= 4 is 29.9 Å². The highest BCUT2D eigenvalue weighted by Gasteiger charge is 2.10. The van der Waals surface area contributed by atoms with Gasteiger partial charge < -0.3 is 25.0 Å². The van der Waals surface area contributed by atoms with Crippen molar-refractivity contribution in [3.8, 4) is 5.75 Å². The van der Waals surface area contributed by atoms with Gasteiger partial charge in [-0.15, -0.1) is 34.2 Å². The molecule has 0 fully saturated rings. The number of hydrogen-bond donors (Lipinski definition) is 3. The molecule has 0 bridgehead atoms.